The smallest absolute Gasteiger partial charge is 0.232 e. The number of aliphatic hydroxyl groups excluding tert-OH is 1. The fourth-order valence-corrected chi connectivity index (χ4v) is 5.95. The molecule has 7 nitrogen and oxygen atoms in total. The zero-order valence-corrected chi connectivity index (χ0v) is 29.0. The van der Waals surface area contributed by atoms with Crippen LogP contribution in [0.4, 0.5) is 10.1 Å². The van der Waals surface area contributed by atoms with E-state index in [-0.39, 0.29) is 23.5 Å². The molecule has 4 unspecified atom stereocenters. The van der Waals surface area contributed by atoms with Gasteiger partial charge in [-0.1, -0.05) is 68.2 Å². The molecule has 1 aliphatic rings. The number of halogens is 1. The summed E-state index contributed by atoms with van der Waals surface area (Å²) in [6, 6.07) is 12.9. The molecule has 4 atom stereocenters. The molecule has 1 amide bonds. The van der Waals surface area contributed by atoms with Crippen LogP contribution in [0.1, 0.15) is 83.5 Å². The number of allylic oxidation sites excluding steroid dienone is 5. The number of β-lactam (4-membered cyclic amide) rings is 1. The molecular weight excluding hydrogens is 615 g/mol. The van der Waals surface area contributed by atoms with Crippen molar-refractivity contribution in [3.05, 3.63) is 126 Å². The van der Waals surface area contributed by atoms with Crippen molar-refractivity contribution in [2.24, 2.45) is 11.8 Å². The molecule has 1 N–H and O–H groups in total. The van der Waals surface area contributed by atoms with Crippen molar-refractivity contribution in [1.82, 2.24) is 14.8 Å². The summed E-state index contributed by atoms with van der Waals surface area (Å²) in [5.74, 6) is 5.64. The summed E-state index contributed by atoms with van der Waals surface area (Å²) in [5, 5.41) is 14.9. The predicted octanol–water partition coefficient (Wildman–Crippen LogP) is 8.10. The van der Waals surface area contributed by atoms with Crippen LogP contribution in [0.3, 0.4) is 0 Å². The quantitative estimate of drug-likeness (QED) is 0.0551. The minimum absolute atomic E-state index is 0.0711. The summed E-state index contributed by atoms with van der Waals surface area (Å²) in [5.41, 5.74) is 5.79. The van der Waals surface area contributed by atoms with Crippen molar-refractivity contribution >= 4 is 17.4 Å². The maximum absolute atomic E-state index is 13.6. The molecular formula is C41H47FN4O3. The number of amides is 1. The Kier molecular flexibility index (Phi) is 13.2. The molecule has 3 aromatic rings. The summed E-state index contributed by atoms with van der Waals surface area (Å²) in [6.07, 6.45) is 9.26. The molecule has 256 valence electrons. The largest absolute Gasteiger partial charge is 0.388 e. The van der Waals surface area contributed by atoms with Crippen molar-refractivity contribution in [1.29, 1.82) is 0 Å². The second-order valence-electron chi connectivity index (χ2n) is 13.0. The number of rotatable bonds is 16. The molecule has 49 heavy (non-hydrogen) atoms. The van der Waals surface area contributed by atoms with Crippen molar-refractivity contribution in [2.45, 2.75) is 84.9 Å². The Bertz CT molecular complexity index is 1740. The average molecular weight is 663 g/mol. The van der Waals surface area contributed by atoms with Crippen LogP contribution in [-0.2, 0) is 16.1 Å². The van der Waals surface area contributed by atoms with E-state index >= 15 is 0 Å². The van der Waals surface area contributed by atoms with Gasteiger partial charge in [0.1, 0.15) is 18.5 Å². The summed E-state index contributed by atoms with van der Waals surface area (Å²) < 4.78 is 15.2. The third kappa shape index (κ3) is 10.3. The van der Waals surface area contributed by atoms with Gasteiger partial charge in [-0.15, -0.1) is 0 Å². The summed E-state index contributed by atoms with van der Waals surface area (Å²) in [7, 11) is 0. The Balaban J connectivity index is 1.48. The van der Waals surface area contributed by atoms with Crippen molar-refractivity contribution in [3.8, 4) is 11.8 Å². The normalized spacial score (nSPS) is 17.5. The van der Waals surface area contributed by atoms with E-state index in [4.69, 9.17) is 0 Å². The summed E-state index contributed by atoms with van der Waals surface area (Å²) in [4.78, 5) is 32.7. The van der Waals surface area contributed by atoms with E-state index in [1.54, 1.807) is 34.1 Å². The molecule has 8 heteroatoms. The van der Waals surface area contributed by atoms with Crippen LogP contribution >= 0.6 is 0 Å². The molecule has 0 aliphatic carbocycles. The third-order valence-electron chi connectivity index (χ3n) is 9.10. The Labute approximate surface area is 290 Å². The number of aliphatic hydroxyl groups is 1. The maximum atomic E-state index is 13.6. The average Bonchev–Trinajstić information content (AvgIpc) is 3.60. The van der Waals surface area contributed by atoms with Gasteiger partial charge in [-0.05, 0) is 111 Å². The molecule has 2 heterocycles. The molecule has 0 saturated carbocycles. The number of nitrogens with zero attached hydrogens (tertiary/aromatic N) is 4. The fourth-order valence-electron chi connectivity index (χ4n) is 5.95. The lowest BCUT2D eigenvalue weighted by Gasteiger charge is -2.48. The van der Waals surface area contributed by atoms with Crippen LogP contribution in [0, 0.1) is 29.5 Å². The monoisotopic (exact) mass is 662 g/mol. The summed E-state index contributed by atoms with van der Waals surface area (Å²) >= 11 is 0. The van der Waals surface area contributed by atoms with Crippen LogP contribution in [0.25, 0.3) is 0 Å². The van der Waals surface area contributed by atoms with E-state index in [1.807, 2.05) is 38.1 Å². The van der Waals surface area contributed by atoms with Crippen LogP contribution in [0.2, 0.25) is 0 Å². The van der Waals surface area contributed by atoms with Gasteiger partial charge in [-0.3, -0.25) is 14.3 Å². The molecule has 1 fully saturated rings. The number of hydrogen-bond donors (Lipinski definition) is 1. The molecule has 0 radical (unpaired) electrons. The molecule has 1 aliphatic heterocycles. The van der Waals surface area contributed by atoms with Gasteiger partial charge in [0.25, 0.3) is 0 Å². The first-order valence-electron chi connectivity index (χ1n) is 16.9. The lowest BCUT2D eigenvalue weighted by molar-refractivity contribution is -0.131. The highest BCUT2D eigenvalue weighted by atomic mass is 19.1. The number of carbonyl (C=O) groups is 2. The zero-order valence-electron chi connectivity index (χ0n) is 29.0. The van der Waals surface area contributed by atoms with E-state index in [9.17, 15) is 19.1 Å². The lowest BCUT2D eigenvalue weighted by Crippen LogP contribution is -2.61. The fraction of sp³-hybridized carbons (Fsp3) is 0.366. The molecule has 2 aromatic carbocycles. The van der Waals surface area contributed by atoms with E-state index in [1.165, 1.54) is 24.0 Å². The highest BCUT2D eigenvalue weighted by Crippen LogP contribution is 2.40. The second-order valence-corrected chi connectivity index (χ2v) is 13.0. The van der Waals surface area contributed by atoms with Crippen LogP contribution in [0.5, 0.6) is 0 Å². The maximum Gasteiger partial charge on any atom is 0.232 e. The topological polar surface area (TPSA) is 88.3 Å². The van der Waals surface area contributed by atoms with Gasteiger partial charge in [-0.2, -0.15) is 5.10 Å². The van der Waals surface area contributed by atoms with Crippen LogP contribution in [-0.4, -0.2) is 37.6 Å². The highest BCUT2D eigenvalue weighted by Gasteiger charge is 2.47. The first kappa shape index (κ1) is 37.0. The highest BCUT2D eigenvalue weighted by molar-refractivity contribution is 6.06. The van der Waals surface area contributed by atoms with E-state index < -0.39 is 12.0 Å². The number of anilines is 1. The Morgan fingerprint density at radius 1 is 1.10 bits per heavy atom. The Hall–Kier alpha value is -4.87. The standard InChI is InChI=1S/C41H47FN4O3/c1-7-32(23-29(4)22-30(5)28(2)3)25-40(48)31(6)24-38-37(19-20-39(47)34-13-15-35(42)16-14-34)41(49)46(38)36-17-11-33(12-18-36)10-8-9-21-45-27-43-26-44-45/h11-18,23,25-27,30,37-39,47H,2,6-7,9,19-22,24H2,1,3-5H3/b29-23?,32-25+. The number of carbonyl (C=O) groups excluding carboxylic acids is 2. The van der Waals surface area contributed by atoms with Crippen molar-refractivity contribution in [3.63, 3.8) is 0 Å². The zero-order chi connectivity index (χ0) is 35.5. The second kappa shape index (κ2) is 17.5. The minimum atomic E-state index is -0.840. The molecule has 1 aromatic heterocycles. The number of aromatic nitrogens is 3. The van der Waals surface area contributed by atoms with Gasteiger partial charge in [0.2, 0.25) is 5.91 Å². The van der Waals surface area contributed by atoms with E-state index in [0.29, 0.717) is 61.4 Å². The Morgan fingerprint density at radius 2 is 1.82 bits per heavy atom. The van der Waals surface area contributed by atoms with Crippen LogP contribution < -0.4 is 4.90 Å². The molecule has 1 saturated heterocycles. The Morgan fingerprint density at radius 3 is 2.45 bits per heavy atom. The number of benzene rings is 2. The van der Waals surface area contributed by atoms with Gasteiger partial charge in [0.05, 0.1) is 24.6 Å². The first-order valence-corrected chi connectivity index (χ1v) is 16.9. The summed E-state index contributed by atoms with van der Waals surface area (Å²) in [6.45, 7) is 17.1. The molecule has 4 rings (SSSR count). The number of hydrogen-bond acceptors (Lipinski definition) is 5. The van der Waals surface area contributed by atoms with Crippen molar-refractivity contribution in [2.75, 3.05) is 4.90 Å². The molecule has 0 bridgehead atoms. The first-order chi connectivity index (χ1) is 23.5. The third-order valence-corrected chi connectivity index (χ3v) is 9.10. The van der Waals surface area contributed by atoms with E-state index in [2.05, 4.69) is 55.0 Å². The lowest BCUT2D eigenvalue weighted by atomic mass is 9.78. The van der Waals surface area contributed by atoms with Gasteiger partial charge in [0.15, 0.2) is 5.78 Å². The SMILES string of the molecule is C=C(CC1C(CCC(O)c2ccc(F)cc2)C(=O)N1c1ccc(C#CCCn2cncn2)cc1)C(=O)/C=C(/C=C(C)CC(C)C(=C)C)CC. The van der Waals surface area contributed by atoms with Crippen LogP contribution in [0.15, 0.2) is 109 Å². The number of ketones is 1. The van der Waals surface area contributed by atoms with Gasteiger partial charge < -0.3 is 10.0 Å². The number of aryl methyl sites for hydroxylation is 1. The van der Waals surface area contributed by atoms with Gasteiger partial charge in [-0.25, -0.2) is 9.37 Å². The minimum Gasteiger partial charge on any atom is -0.388 e. The molecule has 0 spiro atoms. The van der Waals surface area contributed by atoms with E-state index in [0.717, 1.165) is 23.1 Å². The van der Waals surface area contributed by atoms with Gasteiger partial charge >= 0.3 is 0 Å². The van der Waals surface area contributed by atoms with Gasteiger partial charge in [0, 0.05) is 17.7 Å². The predicted molar refractivity (Wildman–Crippen MR) is 193 cm³/mol. The van der Waals surface area contributed by atoms with Crippen molar-refractivity contribution < 1.29 is 19.1 Å².